The summed E-state index contributed by atoms with van der Waals surface area (Å²) in [6, 6.07) is 46.3. The summed E-state index contributed by atoms with van der Waals surface area (Å²) < 4.78 is 29.0. The number of para-hydroxylation sites is 2. The van der Waals surface area contributed by atoms with Gasteiger partial charge in [0.2, 0.25) is 0 Å². The van der Waals surface area contributed by atoms with Crippen LogP contribution in [-0.2, 0) is 0 Å². The van der Waals surface area contributed by atoms with E-state index in [4.69, 9.17) is 18.9 Å². The van der Waals surface area contributed by atoms with Crippen LogP contribution in [0.5, 0.6) is 46.0 Å². The van der Waals surface area contributed by atoms with Gasteiger partial charge in [-0.2, -0.15) is 0 Å². The highest BCUT2D eigenvalue weighted by atomic mass is 127. The van der Waals surface area contributed by atoms with E-state index in [1.54, 1.807) is 23.5 Å². The van der Waals surface area contributed by atoms with E-state index in [0.29, 0.717) is 0 Å². The molecule has 0 bridgehead atoms. The highest BCUT2D eigenvalue weighted by Crippen LogP contribution is 2.44. The van der Waals surface area contributed by atoms with Gasteiger partial charge >= 0.3 is 0 Å². The molecule has 0 aromatic heterocycles. The Kier molecular flexibility index (Phi) is 7.46. The van der Waals surface area contributed by atoms with Crippen molar-refractivity contribution < 1.29 is 18.9 Å². The lowest BCUT2D eigenvalue weighted by Gasteiger charge is -2.37. The molecule has 0 unspecified atom stereocenters. The van der Waals surface area contributed by atoms with E-state index in [9.17, 15) is 0 Å². The number of ether oxygens (including phenoxy) is 4. The van der Waals surface area contributed by atoms with Gasteiger partial charge in [0.05, 0.1) is 0 Å². The van der Waals surface area contributed by atoms with Crippen LogP contribution < -0.4 is 51.7 Å². The predicted octanol–water partition coefficient (Wildman–Crippen LogP) is 8.65. The maximum atomic E-state index is 6.89. The van der Waals surface area contributed by atoms with Crippen molar-refractivity contribution in [3.05, 3.63) is 141 Å². The summed E-state index contributed by atoms with van der Waals surface area (Å²) in [6.45, 7) is -0.00972. The van der Waals surface area contributed by atoms with Crippen LogP contribution in [0.3, 0.4) is 0 Å². The standard InChI is InChI=1S/C42H22B2I2O4S2/c45-23-11-13-29-37(15-23)51-39-19-27(47-25-7-3-1-4-8-25)17-35-41(39)43(29)31-21-32-34(22-33(31)49-35)50-36-18-28(48-26-9-5-2-6-10-26)20-40-42(36)44(32)30-14-12-24(46)16-38(30)52-40/h1-22H. The number of rotatable bonds is 4. The van der Waals surface area contributed by atoms with Gasteiger partial charge < -0.3 is 18.9 Å². The maximum Gasteiger partial charge on any atom is 0.253 e. The highest BCUT2D eigenvalue weighted by molar-refractivity contribution is 14.1. The Bertz CT molecular complexity index is 2460. The molecule has 10 heteroatoms. The maximum absolute atomic E-state index is 6.89. The Balaban J connectivity index is 1.09. The van der Waals surface area contributed by atoms with Crippen LogP contribution >= 0.6 is 68.7 Å². The molecular weight excluding hydrogens is 908 g/mol. The largest absolute Gasteiger partial charge is 0.458 e. The van der Waals surface area contributed by atoms with Crippen LogP contribution in [0.25, 0.3) is 0 Å². The van der Waals surface area contributed by atoms with Crippen molar-refractivity contribution in [3.8, 4) is 46.0 Å². The van der Waals surface area contributed by atoms with E-state index in [1.807, 2.05) is 72.8 Å². The summed E-state index contributed by atoms with van der Waals surface area (Å²) in [6.07, 6.45) is 0. The van der Waals surface area contributed by atoms with Gasteiger partial charge in [-0.15, -0.1) is 0 Å². The predicted molar refractivity (Wildman–Crippen MR) is 228 cm³/mol. The van der Waals surface area contributed by atoms with Crippen molar-refractivity contribution in [1.29, 1.82) is 0 Å². The van der Waals surface area contributed by atoms with Gasteiger partial charge in [0, 0.05) is 44.9 Å². The average Bonchev–Trinajstić information content (AvgIpc) is 3.14. The first-order chi connectivity index (χ1) is 25.5. The second-order valence-corrected chi connectivity index (χ2v) is 17.7. The Hall–Kier alpha value is -3.97. The second-order valence-electron chi connectivity index (χ2n) is 13.1. The summed E-state index contributed by atoms with van der Waals surface area (Å²) in [5.41, 5.74) is 7.23. The third-order valence-electron chi connectivity index (χ3n) is 9.91. The Labute approximate surface area is 337 Å². The van der Waals surface area contributed by atoms with Crippen LogP contribution in [0, 0.1) is 7.14 Å². The lowest BCUT2D eigenvalue weighted by Crippen LogP contribution is -2.61. The van der Waals surface area contributed by atoms with Crippen LogP contribution in [0.1, 0.15) is 0 Å². The Morgan fingerprint density at radius 2 is 0.865 bits per heavy atom. The molecule has 7 aromatic rings. The lowest BCUT2D eigenvalue weighted by atomic mass is 9.32. The fraction of sp³-hybridized carbons (Fsp3) is 0. The Morgan fingerprint density at radius 3 is 1.33 bits per heavy atom. The molecule has 4 aliphatic rings. The molecule has 7 aromatic carbocycles. The molecular formula is C42H22B2I2O4S2. The minimum absolute atomic E-state index is 0.00486. The first kappa shape index (κ1) is 31.5. The normalized spacial score (nSPS) is 13.7. The zero-order valence-corrected chi connectivity index (χ0v) is 33.0. The molecule has 0 aliphatic carbocycles. The molecule has 0 atom stereocenters. The molecule has 0 spiro atoms. The van der Waals surface area contributed by atoms with Gasteiger partial charge in [-0.25, -0.2) is 0 Å². The highest BCUT2D eigenvalue weighted by Gasteiger charge is 2.44. The number of benzene rings is 7. The smallest absolute Gasteiger partial charge is 0.253 e. The SMILES string of the molecule is Ic1ccc2c(c1)Sc1cc(Oc3ccccc3)cc3c1B2c1cc2c(cc1O3)Oc1cc(Oc3ccccc3)cc3c1B2c1ccc(I)cc1S3. The summed E-state index contributed by atoms with van der Waals surface area (Å²) in [5, 5.41) is 0. The van der Waals surface area contributed by atoms with Gasteiger partial charge in [0.1, 0.15) is 46.0 Å². The fourth-order valence-electron chi connectivity index (χ4n) is 7.75. The molecule has 4 aliphatic heterocycles. The average molecular weight is 930 g/mol. The molecule has 0 radical (unpaired) electrons. The van der Waals surface area contributed by atoms with Crippen molar-refractivity contribution in [2.45, 2.75) is 19.6 Å². The van der Waals surface area contributed by atoms with Crippen molar-refractivity contribution in [3.63, 3.8) is 0 Å². The summed E-state index contributed by atoms with van der Waals surface area (Å²) in [4.78, 5) is 4.80. The van der Waals surface area contributed by atoms with E-state index in [2.05, 4.69) is 106 Å². The van der Waals surface area contributed by atoms with Gasteiger partial charge in [-0.1, -0.05) is 89.0 Å². The molecule has 11 rings (SSSR count). The summed E-state index contributed by atoms with van der Waals surface area (Å²) in [7, 11) is 0. The van der Waals surface area contributed by atoms with Gasteiger partial charge in [-0.05, 0) is 128 Å². The first-order valence-electron chi connectivity index (χ1n) is 16.8. The van der Waals surface area contributed by atoms with Gasteiger partial charge in [0.15, 0.2) is 0 Å². The molecule has 0 N–H and O–H groups in total. The minimum Gasteiger partial charge on any atom is -0.458 e. The number of fused-ring (bicyclic) bond motifs is 8. The third-order valence-corrected chi connectivity index (χ3v) is 13.5. The fourth-order valence-corrected chi connectivity index (χ4v) is 11.6. The van der Waals surface area contributed by atoms with Crippen LogP contribution in [0.4, 0.5) is 0 Å². The molecule has 0 saturated carbocycles. The molecule has 4 heterocycles. The zero-order chi connectivity index (χ0) is 34.5. The molecule has 0 fully saturated rings. The minimum atomic E-state index is -0.00486. The zero-order valence-electron chi connectivity index (χ0n) is 27.1. The van der Waals surface area contributed by atoms with E-state index in [0.717, 1.165) is 66.7 Å². The van der Waals surface area contributed by atoms with Crippen molar-refractivity contribution in [1.82, 2.24) is 0 Å². The van der Waals surface area contributed by atoms with E-state index in [1.165, 1.54) is 38.8 Å². The summed E-state index contributed by atoms with van der Waals surface area (Å²) >= 11 is 8.40. The lowest BCUT2D eigenvalue weighted by molar-refractivity contribution is 0.449. The third kappa shape index (κ3) is 5.20. The topological polar surface area (TPSA) is 36.9 Å². The van der Waals surface area contributed by atoms with Crippen molar-refractivity contribution in [2.75, 3.05) is 0 Å². The van der Waals surface area contributed by atoms with E-state index in [-0.39, 0.29) is 13.4 Å². The molecule has 52 heavy (non-hydrogen) atoms. The number of halogens is 2. The number of hydrogen-bond acceptors (Lipinski definition) is 6. The Morgan fingerprint density at radius 1 is 0.404 bits per heavy atom. The second kappa shape index (κ2) is 12.3. The monoisotopic (exact) mass is 930 g/mol. The first-order valence-corrected chi connectivity index (χ1v) is 20.6. The van der Waals surface area contributed by atoms with E-state index < -0.39 is 0 Å². The number of hydrogen-bond donors (Lipinski definition) is 0. The quantitative estimate of drug-likeness (QED) is 0.130. The summed E-state index contributed by atoms with van der Waals surface area (Å²) in [5.74, 6) is 6.28. The van der Waals surface area contributed by atoms with E-state index >= 15 is 0 Å². The van der Waals surface area contributed by atoms with Gasteiger partial charge in [-0.3, -0.25) is 0 Å². The van der Waals surface area contributed by atoms with Crippen LogP contribution in [0.15, 0.2) is 153 Å². The molecule has 4 nitrogen and oxygen atoms in total. The molecule has 0 amide bonds. The molecule has 246 valence electrons. The van der Waals surface area contributed by atoms with Crippen molar-refractivity contribution in [2.24, 2.45) is 0 Å². The van der Waals surface area contributed by atoms with Crippen LogP contribution in [0.2, 0.25) is 0 Å². The van der Waals surface area contributed by atoms with Gasteiger partial charge in [0.25, 0.3) is 13.4 Å². The van der Waals surface area contributed by atoms with Crippen LogP contribution in [-0.4, -0.2) is 13.4 Å². The molecule has 0 saturated heterocycles. The van der Waals surface area contributed by atoms with Crippen molar-refractivity contribution >= 4 is 115 Å².